The minimum absolute atomic E-state index is 0. The zero-order valence-corrected chi connectivity index (χ0v) is 6.13. The fourth-order valence-corrected chi connectivity index (χ4v) is 0. The number of hydrogen-bond donors (Lipinski definition) is 0. The molecule has 0 amide bonds. The van der Waals surface area contributed by atoms with E-state index in [1.807, 2.05) is 0 Å². The SMILES string of the molecule is [Cr].[Cr].[Fe].[Ni]. The van der Waals surface area contributed by atoms with Gasteiger partial charge in [0.05, 0.1) is 0 Å². The molecule has 0 nitrogen and oxygen atoms in total. The predicted molar refractivity (Wildman–Crippen MR) is 0 cm³/mol. The van der Waals surface area contributed by atoms with Crippen LogP contribution in [0.4, 0.5) is 0 Å². The second-order valence-electron chi connectivity index (χ2n) is 0. The van der Waals surface area contributed by atoms with E-state index in [-0.39, 0.29) is 68.3 Å². The largest absolute Gasteiger partial charge is 0 e. The predicted octanol–water partition coefficient (Wildman–Crippen LogP) is -0.0100. The first-order chi connectivity index (χ1) is 0. The third-order valence-corrected chi connectivity index (χ3v) is 0. The van der Waals surface area contributed by atoms with E-state index < -0.39 is 0 Å². The van der Waals surface area contributed by atoms with Crippen LogP contribution < -0.4 is 0 Å². The Labute approximate surface area is 67.8 Å². The molecule has 0 unspecified atom stereocenters. The van der Waals surface area contributed by atoms with Gasteiger partial charge in [-0.05, 0) is 0 Å². The fraction of sp³-hybridized carbons (Fsp3) is 0. The summed E-state index contributed by atoms with van der Waals surface area (Å²) in [6.07, 6.45) is 0. The van der Waals surface area contributed by atoms with Gasteiger partial charge in [0, 0.05) is 68.3 Å². The van der Waals surface area contributed by atoms with Crippen LogP contribution in [-0.4, -0.2) is 0 Å². The zero-order valence-electron chi connectivity index (χ0n) is 1.49. The summed E-state index contributed by atoms with van der Waals surface area (Å²) in [5.74, 6) is 0. The van der Waals surface area contributed by atoms with Crippen molar-refractivity contribution in [2.45, 2.75) is 0 Å². The summed E-state index contributed by atoms with van der Waals surface area (Å²) in [5, 5.41) is 0. The Morgan fingerprint density at radius 2 is 0.750 bits per heavy atom. The maximum Gasteiger partial charge on any atom is 0 e. The summed E-state index contributed by atoms with van der Waals surface area (Å²) in [4.78, 5) is 0. The molecular formula is Cr2FeNi. The molecule has 0 spiro atoms. The Bertz CT molecular complexity index is 6.00. The monoisotopic (exact) mass is 218 g/mol. The van der Waals surface area contributed by atoms with E-state index in [1.165, 1.54) is 0 Å². The molecule has 4 heteroatoms. The van der Waals surface area contributed by atoms with Crippen LogP contribution in [-0.2, 0) is 68.3 Å². The van der Waals surface area contributed by atoms with E-state index in [0.29, 0.717) is 0 Å². The van der Waals surface area contributed by atoms with E-state index in [4.69, 9.17) is 0 Å². The van der Waals surface area contributed by atoms with Crippen molar-refractivity contribution in [3.8, 4) is 0 Å². The van der Waals surface area contributed by atoms with Crippen molar-refractivity contribution in [2.75, 3.05) is 0 Å². The van der Waals surface area contributed by atoms with Crippen molar-refractivity contribution < 1.29 is 68.3 Å². The van der Waals surface area contributed by atoms with Crippen LogP contribution in [0.1, 0.15) is 0 Å². The molecule has 0 fully saturated rings. The molecule has 0 aliphatic carbocycles. The Morgan fingerprint density at radius 1 is 0.750 bits per heavy atom. The molecule has 0 saturated heterocycles. The third kappa shape index (κ3) is 8.95. The van der Waals surface area contributed by atoms with Crippen LogP contribution in [0.25, 0.3) is 0 Å². The normalized spacial score (nSPS) is 0. The zero-order chi connectivity index (χ0) is 0. The van der Waals surface area contributed by atoms with Crippen LogP contribution in [0.5, 0.6) is 0 Å². The molecule has 0 atom stereocenters. The van der Waals surface area contributed by atoms with Crippen LogP contribution >= 0.6 is 0 Å². The minimum atomic E-state index is 0. The van der Waals surface area contributed by atoms with E-state index in [9.17, 15) is 0 Å². The summed E-state index contributed by atoms with van der Waals surface area (Å²) in [5.41, 5.74) is 0. The standard InChI is InChI=1S/2Cr.Fe.Ni. The molecule has 0 bridgehead atoms. The smallest absolute Gasteiger partial charge is 0 e. The van der Waals surface area contributed by atoms with Crippen molar-refractivity contribution in [3.05, 3.63) is 0 Å². The summed E-state index contributed by atoms with van der Waals surface area (Å²) in [6.45, 7) is 0. The van der Waals surface area contributed by atoms with Crippen molar-refractivity contribution in [3.63, 3.8) is 0 Å². The van der Waals surface area contributed by atoms with Gasteiger partial charge in [0.2, 0.25) is 0 Å². The number of hydrogen-bond acceptors (Lipinski definition) is 0. The molecule has 0 aromatic carbocycles. The van der Waals surface area contributed by atoms with Crippen molar-refractivity contribution in [1.29, 1.82) is 0 Å². The van der Waals surface area contributed by atoms with Gasteiger partial charge in [-0.15, -0.1) is 0 Å². The van der Waals surface area contributed by atoms with Crippen LogP contribution in [0.15, 0.2) is 0 Å². The Morgan fingerprint density at radius 3 is 0.750 bits per heavy atom. The molecular weight excluding hydrogens is 219 g/mol. The Balaban J connectivity index is 0. The minimum Gasteiger partial charge on any atom is 0 e. The van der Waals surface area contributed by atoms with Gasteiger partial charge in [-0.3, -0.25) is 0 Å². The van der Waals surface area contributed by atoms with E-state index in [0.717, 1.165) is 0 Å². The average Bonchev–Trinajstić information content (AvgIpc) is 0. The van der Waals surface area contributed by atoms with E-state index in [2.05, 4.69) is 0 Å². The summed E-state index contributed by atoms with van der Waals surface area (Å²) >= 11 is 0. The molecule has 0 aliphatic heterocycles. The van der Waals surface area contributed by atoms with Gasteiger partial charge in [0.15, 0.2) is 0 Å². The molecule has 0 heterocycles. The van der Waals surface area contributed by atoms with Gasteiger partial charge in [-0.2, -0.15) is 0 Å². The average molecular weight is 219 g/mol. The molecule has 0 radical (unpaired) electrons. The first kappa shape index (κ1) is 36.3. The number of rotatable bonds is 0. The van der Waals surface area contributed by atoms with Gasteiger partial charge in [-0.1, -0.05) is 0 Å². The summed E-state index contributed by atoms with van der Waals surface area (Å²) in [6, 6.07) is 0. The molecule has 0 aromatic heterocycles. The molecule has 0 aliphatic rings. The van der Waals surface area contributed by atoms with Crippen molar-refractivity contribution >= 4 is 0 Å². The maximum absolute atomic E-state index is 0. The van der Waals surface area contributed by atoms with Gasteiger partial charge in [0.25, 0.3) is 0 Å². The van der Waals surface area contributed by atoms with Crippen molar-refractivity contribution in [1.82, 2.24) is 0 Å². The Hall–Kier alpha value is 2.08. The van der Waals surface area contributed by atoms with Gasteiger partial charge < -0.3 is 0 Å². The van der Waals surface area contributed by atoms with E-state index in [1.54, 1.807) is 0 Å². The van der Waals surface area contributed by atoms with Gasteiger partial charge in [-0.25, -0.2) is 0 Å². The van der Waals surface area contributed by atoms with Gasteiger partial charge in [0.1, 0.15) is 0 Å². The fourth-order valence-electron chi connectivity index (χ4n) is 0. The summed E-state index contributed by atoms with van der Waals surface area (Å²) < 4.78 is 0. The van der Waals surface area contributed by atoms with Crippen LogP contribution in [0, 0.1) is 0 Å². The second-order valence-corrected chi connectivity index (χ2v) is 0. The molecule has 30 valence electrons. The van der Waals surface area contributed by atoms with E-state index >= 15 is 0 Å². The molecule has 0 saturated carbocycles. The molecule has 0 aromatic rings. The second kappa shape index (κ2) is 19.6. The summed E-state index contributed by atoms with van der Waals surface area (Å²) in [7, 11) is 0. The maximum atomic E-state index is 0. The molecule has 0 N–H and O–H groups in total. The van der Waals surface area contributed by atoms with Gasteiger partial charge >= 0.3 is 0 Å². The van der Waals surface area contributed by atoms with Crippen molar-refractivity contribution in [2.24, 2.45) is 0 Å². The Kier molecular flexibility index (Phi) is 177. The molecule has 4 heavy (non-hydrogen) atoms. The first-order valence-electron chi connectivity index (χ1n) is 0. The molecule has 0 rings (SSSR count). The topological polar surface area (TPSA) is 0 Å². The van der Waals surface area contributed by atoms with Crippen LogP contribution in [0.3, 0.4) is 0 Å². The first-order valence-corrected chi connectivity index (χ1v) is 0. The quantitative estimate of drug-likeness (QED) is 0.502. The third-order valence-electron chi connectivity index (χ3n) is 0. The van der Waals surface area contributed by atoms with Crippen LogP contribution in [0.2, 0.25) is 0 Å².